The number of thioether (sulfide) groups is 1. The van der Waals surface area contributed by atoms with Crippen LogP contribution in [0.2, 0.25) is 0 Å². The molecule has 0 saturated carbocycles. The Balaban J connectivity index is 1.24. The third-order valence-electron chi connectivity index (χ3n) is 6.20. The highest BCUT2D eigenvalue weighted by molar-refractivity contribution is 8.00. The summed E-state index contributed by atoms with van der Waals surface area (Å²) >= 11 is 2.68. The number of anilines is 2. The number of imide groups is 1. The SMILES string of the molecule is O=C(Nc1ccc(SC2CC(=O)N(c3ccc([N+](=O)[O-])cc3)C2=O)cc1)/C(=C/c1ccsc1)NC(=O)c1ccccc1. The molecule has 42 heavy (non-hydrogen) atoms. The third-order valence-corrected chi connectivity index (χ3v) is 8.10. The van der Waals surface area contributed by atoms with E-state index in [9.17, 15) is 29.3 Å². The van der Waals surface area contributed by atoms with Crippen molar-refractivity contribution in [3.63, 3.8) is 0 Å². The number of amides is 4. The van der Waals surface area contributed by atoms with Crippen LogP contribution in [0.15, 0.2) is 106 Å². The fourth-order valence-electron chi connectivity index (χ4n) is 4.14. The van der Waals surface area contributed by atoms with E-state index in [1.54, 1.807) is 60.7 Å². The Hall–Kier alpha value is -5.07. The van der Waals surface area contributed by atoms with Gasteiger partial charge in [-0.1, -0.05) is 18.2 Å². The molecule has 4 amide bonds. The number of nitro benzene ring substituents is 1. The van der Waals surface area contributed by atoms with Gasteiger partial charge in [0.2, 0.25) is 11.8 Å². The van der Waals surface area contributed by atoms with E-state index < -0.39 is 33.8 Å². The zero-order chi connectivity index (χ0) is 29.6. The van der Waals surface area contributed by atoms with Crippen molar-refractivity contribution in [3.05, 3.63) is 123 Å². The molecule has 4 aromatic rings. The van der Waals surface area contributed by atoms with Crippen molar-refractivity contribution in [2.24, 2.45) is 0 Å². The summed E-state index contributed by atoms with van der Waals surface area (Å²) in [6, 6.07) is 22.4. The van der Waals surface area contributed by atoms with Crippen LogP contribution in [-0.4, -0.2) is 33.8 Å². The molecule has 10 nitrogen and oxygen atoms in total. The first-order valence-corrected chi connectivity index (χ1v) is 14.4. The van der Waals surface area contributed by atoms with Crippen LogP contribution in [0.3, 0.4) is 0 Å². The average Bonchev–Trinajstić information content (AvgIpc) is 3.61. The summed E-state index contributed by atoms with van der Waals surface area (Å²) in [5.74, 6) is -1.73. The van der Waals surface area contributed by atoms with Crippen LogP contribution in [0.25, 0.3) is 6.08 Å². The number of nitrogens with zero attached hydrogens (tertiary/aromatic N) is 2. The van der Waals surface area contributed by atoms with Gasteiger partial charge >= 0.3 is 0 Å². The number of nitrogens with one attached hydrogen (secondary N) is 2. The molecular formula is C30H22N4O6S2. The predicted octanol–water partition coefficient (Wildman–Crippen LogP) is 5.49. The van der Waals surface area contributed by atoms with E-state index in [1.807, 2.05) is 16.8 Å². The number of carbonyl (C=O) groups is 4. The molecule has 210 valence electrons. The summed E-state index contributed by atoms with van der Waals surface area (Å²) in [5, 5.41) is 19.4. The second-order valence-electron chi connectivity index (χ2n) is 9.06. The Kier molecular flexibility index (Phi) is 8.55. The van der Waals surface area contributed by atoms with Gasteiger partial charge in [-0.25, -0.2) is 4.90 Å². The summed E-state index contributed by atoms with van der Waals surface area (Å²) in [4.78, 5) is 63.6. The lowest BCUT2D eigenvalue weighted by atomic mass is 10.2. The quantitative estimate of drug-likeness (QED) is 0.112. The second-order valence-corrected chi connectivity index (χ2v) is 11.1. The molecule has 1 atom stereocenters. The van der Waals surface area contributed by atoms with Gasteiger partial charge < -0.3 is 10.6 Å². The van der Waals surface area contributed by atoms with E-state index in [1.165, 1.54) is 47.4 Å². The number of rotatable bonds is 9. The van der Waals surface area contributed by atoms with E-state index in [-0.39, 0.29) is 23.5 Å². The van der Waals surface area contributed by atoms with Crippen molar-refractivity contribution >= 4 is 69.9 Å². The zero-order valence-corrected chi connectivity index (χ0v) is 23.4. The smallest absolute Gasteiger partial charge is 0.272 e. The van der Waals surface area contributed by atoms with E-state index in [0.29, 0.717) is 16.1 Å². The Morgan fingerprint density at radius 3 is 2.33 bits per heavy atom. The average molecular weight is 599 g/mol. The Bertz CT molecular complexity index is 1670. The number of hydrogen-bond acceptors (Lipinski definition) is 8. The van der Waals surface area contributed by atoms with Crippen molar-refractivity contribution in [2.75, 3.05) is 10.2 Å². The van der Waals surface area contributed by atoms with E-state index in [4.69, 9.17) is 0 Å². The monoisotopic (exact) mass is 598 g/mol. The molecule has 0 spiro atoms. The maximum atomic E-state index is 13.2. The molecule has 1 fully saturated rings. The minimum absolute atomic E-state index is 0.0170. The first-order chi connectivity index (χ1) is 20.3. The molecule has 1 saturated heterocycles. The molecule has 2 heterocycles. The Morgan fingerprint density at radius 1 is 0.976 bits per heavy atom. The molecule has 2 N–H and O–H groups in total. The standard InChI is InChI=1S/C30H22N4O6S2/c35-27-17-26(30(38)33(27)22-8-10-23(11-9-22)34(39)40)42-24-12-6-21(7-13-24)31-29(37)25(16-19-14-15-41-18-19)32-28(36)20-4-2-1-3-5-20/h1-16,18,26H,17H2,(H,31,37)(H,32,36)/b25-16-. The zero-order valence-electron chi connectivity index (χ0n) is 21.8. The summed E-state index contributed by atoms with van der Waals surface area (Å²) in [6.07, 6.45) is 1.58. The van der Waals surface area contributed by atoms with Crippen LogP contribution in [-0.2, 0) is 14.4 Å². The summed E-state index contributed by atoms with van der Waals surface area (Å²) in [7, 11) is 0. The molecular weight excluding hydrogens is 576 g/mol. The maximum Gasteiger partial charge on any atom is 0.272 e. The summed E-state index contributed by atoms with van der Waals surface area (Å²) in [5.41, 5.74) is 1.86. The van der Waals surface area contributed by atoms with Gasteiger partial charge in [0.05, 0.1) is 15.9 Å². The Labute approximate surface area is 248 Å². The van der Waals surface area contributed by atoms with Gasteiger partial charge in [-0.05, 0) is 77.0 Å². The fraction of sp³-hybridized carbons (Fsp3) is 0.0667. The normalized spacial score (nSPS) is 15.0. The second kappa shape index (κ2) is 12.6. The van der Waals surface area contributed by atoms with Gasteiger partial charge in [0.1, 0.15) is 5.70 Å². The first kappa shape index (κ1) is 28.5. The van der Waals surface area contributed by atoms with Crippen molar-refractivity contribution in [2.45, 2.75) is 16.6 Å². The first-order valence-electron chi connectivity index (χ1n) is 12.6. The van der Waals surface area contributed by atoms with Gasteiger partial charge in [-0.15, -0.1) is 11.8 Å². The predicted molar refractivity (Wildman–Crippen MR) is 161 cm³/mol. The van der Waals surface area contributed by atoms with Crippen LogP contribution < -0.4 is 15.5 Å². The topological polar surface area (TPSA) is 139 Å². The van der Waals surface area contributed by atoms with Gasteiger partial charge in [-0.2, -0.15) is 11.3 Å². The number of carbonyl (C=O) groups excluding carboxylic acids is 4. The molecule has 3 aromatic carbocycles. The van der Waals surface area contributed by atoms with Crippen LogP contribution >= 0.6 is 23.1 Å². The molecule has 1 aliphatic heterocycles. The highest BCUT2D eigenvalue weighted by Gasteiger charge is 2.40. The molecule has 1 aliphatic rings. The molecule has 1 unspecified atom stereocenters. The molecule has 0 radical (unpaired) electrons. The van der Waals surface area contributed by atoms with Gasteiger partial charge in [0, 0.05) is 34.7 Å². The van der Waals surface area contributed by atoms with Crippen molar-refractivity contribution in [1.29, 1.82) is 0 Å². The van der Waals surface area contributed by atoms with E-state index >= 15 is 0 Å². The fourth-order valence-corrected chi connectivity index (χ4v) is 5.81. The lowest BCUT2D eigenvalue weighted by molar-refractivity contribution is -0.384. The highest BCUT2D eigenvalue weighted by Crippen LogP contribution is 2.35. The van der Waals surface area contributed by atoms with Crippen molar-refractivity contribution < 1.29 is 24.1 Å². The number of nitro groups is 1. The minimum atomic E-state index is -0.665. The number of benzene rings is 3. The van der Waals surface area contributed by atoms with Crippen molar-refractivity contribution in [1.82, 2.24) is 5.32 Å². The Morgan fingerprint density at radius 2 is 1.69 bits per heavy atom. The molecule has 0 bridgehead atoms. The summed E-state index contributed by atoms with van der Waals surface area (Å²) < 4.78 is 0. The van der Waals surface area contributed by atoms with Crippen LogP contribution in [0.5, 0.6) is 0 Å². The molecule has 12 heteroatoms. The largest absolute Gasteiger partial charge is 0.321 e. The molecule has 5 rings (SSSR count). The maximum absolute atomic E-state index is 13.2. The third kappa shape index (κ3) is 6.62. The minimum Gasteiger partial charge on any atom is -0.321 e. The lowest BCUT2D eigenvalue weighted by Gasteiger charge is -2.15. The lowest BCUT2D eigenvalue weighted by Crippen LogP contribution is -2.31. The van der Waals surface area contributed by atoms with Crippen LogP contribution in [0.4, 0.5) is 17.1 Å². The van der Waals surface area contributed by atoms with Crippen LogP contribution in [0.1, 0.15) is 22.3 Å². The van der Waals surface area contributed by atoms with E-state index in [2.05, 4.69) is 10.6 Å². The van der Waals surface area contributed by atoms with Gasteiger partial charge in [0.25, 0.3) is 17.5 Å². The molecule has 0 aliphatic carbocycles. The van der Waals surface area contributed by atoms with Gasteiger partial charge in [-0.3, -0.25) is 29.3 Å². The summed E-state index contributed by atoms with van der Waals surface area (Å²) in [6.45, 7) is 0. The van der Waals surface area contributed by atoms with Crippen molar-refractivity contribution in [3.8, 4) is 0 Å². The molecule has 1 aromatic heterocycles. The highest BCUT2D eigenvalue weighted by atomic mass is 32.2. The van der Waals surface area contributed by atoms with Gasteiger partial charge in [0.15, 0.2) is 0 Å². The number of non-ortho nitro benzene ring substituents is 1. The van der Waals surface area contributed by atoms with Crippen LogP contribution in [0, 0.1) is 10.1 Å². The van der Waals surface area contributed by atoms with E-state index in [0.717, 1.165) is 10.5 Å². The number of hydrogen-bond donors (Lipinski definition) is 2. The number of thiophene rings is 1.